The molecule has 0 saturated carbocycles. The Morgan fingerprint density at radius 3 is 2.24 bits per heavy atom. The SMILES string of the molecule is COc1ccc(C(=O)Nc2ccc(N3CCN(C(=O)C(C)C)CC3)cc2)cc1Cl. The van der Waals surface area contributed by atoms with Gasteiger partial charge in [0.2, 0.25) is 5.91 Å². The molecule has 1 N–H and O–H groups in total. The number of nitrogens with zero attached hydrogens (tertiary/aromatic N) is 2. The van der Waals surface area contributed by atoms with Crippen LogP contribution < -0.4 is 15.0 Å². The lowest BCUT2D eigenvalue weighted by Crippen LogP contribution is -2.49. The first kappa shape index (κ1) is 21.0. The normalized spacial score (nSPS) is 14.1. The molecule has 0 bridgehead atoms. The van der Waals surface area contributed by atoms with E-state index >= 15 is 0 Å². The minimum Gasteiger partial charge on any atom is -0.495 e. The summed E-state index contributed by atoms with van der Waals surface area (Å²) in [4.78, 5) is 28.7. The molecule has 1 aliphatic rings. The zero-order valence-electron chi connectivity index (χ0n) is 16.9. The summed E-state index contributed by atoms with van der Waals surface area (Å²) in [5.41, 5.74) is 2.25. The maximum absolute atomic E-state index is 12.4. The van der Waals surface area contributed by atoms with Crippen LogP contribution in [0.2, 0.25) is 5.02 Å². The zero-order valence-corrected chi connectivity index (χ0v) is 17.7. The van der Waals surface area contributed by atoms with Gasteiger partial charge in [0.05, 0.1) is 12.1 Å². The largest absolute Gasteiger partial charge is 0.495 e. The summed E-state index contributed by atoms with van der Waals surface area (Å²) in [6.07, 6.45) is 0. The Labute approximate surface area is 176 Å². The molecule has 7 heteroatoms. The molecule has 0 aromatic heterocycles. The second-order valence-electron chi connectivity index (χ2n) is 7.32. The second kappa shape index (κ2) is 9.18. The van der Waals surface area contributed by atoms with Crippen LogP contribution in [0.4, 0.5) is 11.4 Å². The number of benzene rings is 2. The summed E-state index contributed by atoms with van der Waals surface area (Å²) < 4.78 is 5.11. The van der Waals surface area contributed by atoms with Crippen LogP contribution in [0.5, 0.6) is 5.75 Å². The van der Waals surface area contributed by atoms with Crippen molar-refractivity contribution in [3.8, 4) is 5.75 Å². The van der Waals surface area contributed by atoms with Gasteiger partial charge in [0.1, 0.15) is 5.75 Å². The molecule has 0 atom stereocenters. The van der Waals surface area contributed by atoms with Crippen molar-refractivity contribution in [1.29, 1.82) is 0 Å². The van der Waals surface area contributed by atoms with Crippen LogP contribution >= 0.6 is 11.6 Å². The van der Waals surface area contributed by atoms with Crippen LogP contribution in [0.15, 0.2) is 42.5 Å². The standard InChI is InChI=1S/C22H26ClN3O3/c1-15(2)22(28)26-12-10-25(11-13-26)18-7-5-17(6-8-18)24-21(27)16-4-9-20(29-3)19(23)14-16/h4-9,14-15H,10-13H2,1-3H3,(H,24,27). The predicted molar refractivity (Wildman–Crippen MR) is 116 cm³/mol. The molecule has 1 aliphatic heterocycles. The highest BCUT2D eigenvalue weighted by Crippen LogP contribution is 2.26. The smallest absolute Gasteiger partial charge is 0.255 e. The fourth-order valence-electron chi connectivity index (χ4n) is 3.32. The third-order valence-electron chi connectivity index (χ3n) is 4.99. The van der Waals surface area contributed by atoms with E-state index in [9.17, 15) is 9.59 Å². The van der Waals surface area contributed by atoms with Crippen LogP contribution in [-0.4, -0.2) is 50.0 Å². The highest BCUT2D eigenvalue weighted by Gasteiger charge is 2.22. The van der Waals surface area contributed by atoms with Crippen LogP contribution in [0.3, 0.4) is 0 Å². The lowest BCUT2D eigenvalue weighted by Gasteiger charge is -2.37. The minimum absolute atomic E-state index is 0.0324. The van der Waals surface area contributed by atoms with Gasteiger partial charge in [-0.15, -0.1) is 0 Å². The van der Waals surface area contributed by atoms with Crippen molar-refractivity contribution in [2.45, 2.75) is 13.8 Å². The first-order valence-corrected chi connectivity index (χ1v) is 10.1. The number of piperazine rings is 1. The molecular weight excluding hydrogens is 390 g/mol. The summed E-state index contributed by atoms with van der Waals surface area (Å²) >= 11 is 6.10. The number of nitrogens with one attached hydrogen (secondary N) is 1. The van der Waals surface area contributed by atoms with Gasteiger partial charge in [-0.25, -0.2) is 0 Å². The molecule has 1 heterocycles. The van der Waals surface area contributed by atoms with Crippen molar-refractivity contribution >= 4 is 34.8 Å². The average molecular weight is 416 g/mol. The number of amides is 2. The molecule has 1 saturated heterocycles. The second-order valence-corrected chi connectivity index (χ2v) is 7.72. The van der Waals surface area contributed by atoms with Crippen molar-refractivity contribution in [3.05, 3.63) is 53.1 Å². The minimum atomic E-state index is -0.233. The van der Waals surface area contributed by atoms with Crippen molar-refractivity contribution in [3.63, 3.8) is 0 Å². The van der Waals surface area contributed by atoms with Gasteiger partial charge < -0.3 is 19.9 Å². The van der Waals surface area contributed by atoms with Crippen LogP contribution in [0.25, 0.3) is 0 Å². The molecule has 0 unspecified atom stereocenters. The molecular formula is C22H26ClN3O3. The molecule has 154 valence electrons. The third kappa shape index (κ3) is 5.01. The fraction of sp³-hybridized carbons (Fsp3) is 0.364. The van der Waals surface area contributed by atoms with E-state index in [0.29, 0.717) is 22.0 Å². The fourth-order valence-corrected chi connectivity index (χ4v) is 3.57. The number of carbonyl (C=O) groups excluding carboxylic acids is 2. The maximum Gasteiger partial charge on any atom is 0.255 e. The third-order valence-corrected chi connectivity index (χ3v) is 5.28. The van der Waals surface area contributed by atoms with Crippen molar-refractivity contribution in [1.82, 2.24) is 4.90 Å². The number of ether oxygens (including phenoxy) is 1. The monoisotopic (exact) mass is 415 g/mol. The molecule has 1 fully saturated rings. The maximum atomic E-state index is 12.4. The van der Waals surface area contributed by atoms with Crippen LogP contribution in [-0.2, 0) is 4.79 Å². The highest BCUT2D eigenvalue weighted by molar-refractivity contribution is 6.32. The van der Waals surface area contributed by atoms with Gasteiger partial charge in [-0.1, -0.05) is 25.4 Å². The van der Waals surface area contributed by atoms with Crippen LogP contribution in [0.1, 0.15) is 24.2 Å². The van der Waals surface area contributed by atoms with E-state index in [4.69, 9.17) is 16.3 Å². The summed E-state index contributed by atoms with van der Waals surface area (Å²) in [5.74, 6) is 0.539. The Hall–Kier alpha value is -2.73. The Morgan fingerprint density at radius 1 is 1.03 bits per heavy atom. The van der Waals surface area contributed by atoms with Gasteiger partial charge in [-0.3, -0.25) is 9.59 Å². The molecule has 2 amide bonds. The summed E-state index contributed by atoms with van der Waals surface area (Å²) in [7, 11) is 1.53. The topological polar surface area (TPSA) is 61.9 Å². The molecule has 3 rings (SSSR count). The Balaban J connectivity index is 1.59. The van der Waals surface area contributed by atoms with E-state index in [2.05, 4.69) is 10.2 Å². The Bertz CT molecular complexity index is 875. The van der Waals surface area contributed by atoms with E-state index in [-0.39, 0.29) is 17.7 Å². The number of anilines is 2. The van der Waals surface area contributed by atoms with Crippen LogP contribution in [0, 0.1) is 5.92 Å². The Morgan fingerprint density at radius 2 is 1.69 bits per heavy atom. The van der Waals surface area contributed by atoms with E-state index in [1.54, 1.807) is 18.2 Å². The van der Waals surface area contributed by atoms with E-state index in [1.165, 1.54) is 7.11 Å². The summed E-state index contributed by atoms with van der Waals surface area (Å²) in [6.45, 7) is 6.92. The van der Waals surface area contributed by atoms with Gasteiger partial charge in [0.15, 0.2) is 0 Å². The number of rotatable bonds is 5. The number of methoxy groups -OCH3 is 1. The number of halogens is 1. The van der Waals surface area contributed by atoms with Gasteiger partial charge >= 0.3 is 0 Å². The molecule has 2 aromatic rings. The summed E-state index contributed by atoms with van der Waals surface area (Å²) in [5, 5.41) is 3.27. The van der Waals surface area contributed by atoms with E-state index in [1.807, 2.05) is 43.0 Å². The molecule has 29 heavy (non-hydrogen) atoms. The molecule has 0 spiro atoms. The quantitative estimate of drug-likeness (QED) is 0.804. The van der Waals surface area contributed by atoms with Crippen molar-refractivity contribution < 1.29 is 14.3 Å². The molecule has 0 radical (unpaired) electrons. The zero-order chi connectivity index (χ0) is 21.0. The van der Waals surface area contributed by atoms with Gasteiger partial charge in [-0.2, -0.15) is 0 Å². The first-order valence-electron chi connectivity index (χ1n) is 9.67. The van der Waals surface area contributed by atoms with Gasteiger partial charge in [0, 0.05) is 49.0 Å². The molecule has 2 aromatic carbocycles. The number of hydrogen-bond acceptors (Lipinski definition) is 4. The molecule has 6 nitrogen and oxygen atoms in total. The Kier molecular flexibility index (Phi) is 6.64. The number of carbonyl (C=O) groups is 2. The first-order chi connectivity index (χ1) is 13.9. The van der Waals surface area contributed by atoms with E-state index in [0.717, 1.165) is 31.9 Å². The predicted octanol–water partition coefficient (Wildman–Crippen LogP) is 3.91. The lowest BCUT2D eigenvalue weighted by molar-refractivity contribution is -0.134. The molecule has 0 aliphatic carbocycles. The lowest BCUT2D eigenvalue weighted by atomic mass is 10.1. The van der Waals surface area contributed by atoms with E-state index < -0.39 is 0 Å². The highest BCUT2D eigenvalue weighted by atomic mass is 35.5. The van der Waals surface area contributed by atoms with Gasteiger partial charge in [0.25, 0.3) is 5.91 Å². The summed E-state index contributed by atoms with van der Waals surface area (Å²) in [6, 6.07) is 12.7. The average Bonchev–Trinajstić information content (AvgIpc) is 2.73. The van der Waals surface area contributed by atoms with Crippen molar-refractivity contribution in [2.24, 2.45) is 5.92 Å². The number of hydrogen-bond donors (Lipinski definition) is 1. The van der Waals surface area contributed by atoms with Gasteiger partial charge in [-0.05, 0) is 42.5 Å². The van der Waals surface area contributed by atoms with Crippen molar-refractivity contribution in [2.75, 3.05) is 43.5 Å².